The molecule has 1 atom stereocenters. The molecule has 0 aromatic heterocycles. The summed E-state index contributed by atoms with van der Waals surface area (Å²) in [6.07, 6.45) is 1.33. The number of amides is 1. The van der Waals surface area contributed by atoms with Crippen molar-refractivity contribution in [2.45, 2.75) is 25.8 Å². The summed E-state index contributed by atoms with van der Waals surface area (Å²) >= 11 is 0. The summed E-state index contributed by atoms with van der Waals surface area (Å²) in [7, 11) is 0. The van der Waals surface area contributed by atoms with E-state index in [9.17, 15) is 4.79 Å². The van der Waals surface area contributed by atoms with Crippen LogP contribution in [0.2, 0.25) is 0 Å². The molecule has 0 radical (unpaired) electrons. The molecule has 0 saturated carbocycles. The molecular weight excluding hydrogens is 290 g/mol. The second kappa shape index (κ2) is 8.96. The Morgan fingerprint density at radius 1 is 1.13 bits per heavy atom. The van der Waals surface area contributed by atoms with Gasteiger partial charge in [0, 0.05) is 6.61 Å². The minimum atomic E-state index is -0.167. The van der Waals surface area contributed by atoms with Crippen molar-refractivity contribution < 1.29 is 14.6 Å². The third-order valence-electron chi connectivity index (χ3n) is 3.64. The lowest BCUT2D eigenvalue weighted by molar-refractivity contribution is -0.123. The van der Waals surface area contributed by atoms with Crippen molar-refractivity contribution in [1.29, 1.82) is 0 Å². The molecule has 0 spiro atoms. The number of para-hydroxylation sites is 1. The van der Waals surface area contributed by atoms with Crippen LogP contribution in [0.3, 0.4) is 0 Å². The molecule has 0 bridgehead atoms. The molecule has 23 heavy (non-hydrogen) atoms. The van der Waals surface area contributed by atoms with Gasteiger partial charge in [-0.1, -0.05) is 48.5 Å². The Bertz CT molecular complexity index is 613. The smallest absolute Gasteiger partial charge is 0.258 e. The Hall–Kier alpha value is -2.33. The molecule has 2 aromatic carbocycles. The van der Waals surface area contributed by atoms with Crippen molar-refractivity contribution in [2.24, 2.45) is 0 Å². The summed E-state index contributed by atoms with van der Waals surface area (Å²) in [5.74, 6) is 0.550. The zero-order valence-corrected chi connectivity index (χ0v) is 13.4. The Labute approximate surface area is 137 Å². The molecule has 2 aromatic rings. The molecule has 0 aliphatic heterocycles. The zero-order valence-electron chi connectivity index (χ0n) is 13.4. The van der Waals surface area contributed by atoms with Crippen LogP contribution in [0, 0.1) is 6.92 Å². The van der Waals surface area contributed by atoms with Crippen molar-refractivity contribution in [3.63, 3.8) is 0 Å². The molecule has 0 heterocycles. The van der Waals surface area contributed by atoms with E-state index in [1.807, 2.05) is 61.5 Å². The van der Waals surface area contributed by atoms with Gasteiger partial charge in [-0.05, 0) is 37.0 Å². The first-order chi connectivity index (χ1) is 11.2. The van der Waals surface area contributed by atoms with Crippen LogP contribution in [0.25, 0.3) is 0 Å². The highest BCUT2D eigenvalue weighted by atomic mass is 16.5. The van der Waals surface area contributed by atoms with Crippen LogP contribution in [0.15, 0.2) is 54.6 Å². The lowest BCUT2D eigenvalue weighted by Crippen LogP contribution is -2.32. The Morgan fingerprint density at radius 3 is 2.52 bits per heavy atom. The minimum Gasteiger partial charge on any atom is -0.484 e. The second-order valence-electron chi connectivity index (χ2n) is 5.45. The van der Waals surface area contributed by atoms with Crippen LogP contribution < -0.4 is 10.1 Å². The number of aliphatic hydroxyl groups excluding tert-OH is 1. The molecule has 4 nitrogen and oxygen atoms in total. The number of aliphatic hydroxyl groups is 1. The number of nitrogens with one attached hydrogen (secondary N) is 1. The molecule has 2 rings (SSSR count). The van der Waals surface area contributed by atoms with Crippen LogP contribution in [0.4, 0.5) is 0 Å². The highest BCUT2D eigenvalue weighted by Crippen LogP contribution is 2.19. The van der Waals surface area contributed by atoms with E-state index < -0.39 is 0 Å². The Morgan fingerprint density at radius 2 is 1.83 bits per heavy atom. The van der Waals surface area contributed by atoms with E-state index in [0.717, 1.165) is 11.1 Å². The van der Waals surface area contributed by atoms with E-state index in [-0.39, 0.29) is 25.2 Å². The topological polar surface area (TPSA) is 58.6 Å². The van der Waals surface area contributed by atoms with Crippen LogP contribution in [0.5, 0.6) is 5.75 Å². The number of hydrogen-bond acceptors (Lipinski definition) is 3. The number of rotatable bonds is 8. The van der Waals surface area contributed by atoms with Crippen LogP contribution in [-0.4, -0.2) is 24.2 Å². The molecule has 1 amide bonds. The monoisotopic (exact) mass is 313 g/mol. The molecule has 4 heteroatoms. The van der Waals surface area contributed by atoms with E-state index in [1.54, 1.807) is 0 Å². The van der Waals surface area contributed by atoms with Gasteiger partial charge in [-0.25, -0.2) is 0 Å². The first kappa shape index (κ1) is 17.0. The third kappa shape index (κ3) is 5.42. The van der Waals surface area contributed by atoms with Gasteiger partial charge in [-0.2, -0.15) is 0 Å². The molecule has 0 fully saturated rings. The van der Waals surface area contributed by atoms with E-state index >= 15 is 0 Å². The molecule has 1 unspecified atom stereocenters. The van der Waals surface area contributed by atoms with Crippen molar-refractivity contribution in [3.05, 3.63) is 65.7 Å². The molecule has 0 aliphatic carbocycles. The fraction of sp³-hybridized carbons (Fsp3) is 0.316. The van der Waals surface area contributed by atoms with Crippen molar-refractivity contribution in [3.8, 4) is 5.75 Å². The van der Waals surface area contributed by atoms with Crippen molar-refractivity contribution in [2.75, 3.05) is 13.2 Å². The lowest BCUT2D eigenvalue weighted by Gasteiger charge is -2.19. The number of aryl methyl sites for hydroxylation is 1. The fourth-order valence-corrected chi connectivity index (χ4v) is 2.40. The summed E-state index contributed by atoms with van der Waals surface area (Å²) < 4.78 is 5.58. The van der Waals surface area contributed by atoms with E-state index in [2.05, 4.69) is 5.32 Å². The molecule has 0 saturated heterocycles. The third-order valence-corrected chi connectivity index (χ3v) is 3.64. The van der Waals surface area contributed by atoms with Gasteiger partial charge >= 0.3 is 0 Å². The molecule has 122 valence electrons. The van der Waals surface area contributed by atoms with Crippen LogP contribution in [0.1, 0.15) is 30.0 Å². The first-order valence-corrected chi connectivity index (χ1v) is 7.84. The molecule has 0 aliphatic rings. The predicted octanol–water partition coefficient (Wildman–Crippen LogP) is 3.00. The van der Waals surface area contributed by atoms with Gasteiger partial charge in [0.2, 0.25) is 0 Å². The quantitative estimate of drug-likeness (QED) is 0.787. The maximum Gasteiger partial charge on any atom is 0.258 e. The fourth-order valence-electron chi connectivity index (χ4n) is 2.40. The zero-order chi connectivity index (χ0) is 16.5. The average Bonchev–Trinajstić information content (AvgIpc) is 2.58. The number of carbonyl (C=O) groups is 1. The van der Waals surface area contributed by atoms with Gasteiger partial charge in [0.15, 0.2) is 6.61 Å². The average molecular weight is 313 g/mol. The maximum absolute atomic E-state index is 12.2. The van der Waals surface area contributed by atoms with Gasteiger partial charge in [-0.15, -0.1) is 0 Å². The van der Waals surface area contributed by atoms with E-state index in [1.165, 1.54) is 0 Å². The highest BCUT2D eigenvalue weighted by molar-refractivity contribution is 5.78. The van der Waals surface area contributed by atoms with E-state index in [4.69, 9.17) is 9.84 Å². The van der Waals surface area contributed by atoms with Gasteiger partial charge < -0.3 is 15.2 Å². The number of ether oxygens (including phenoxy) is 1. The molecule has 2 N–H and O–H groups in total. The highest BCUT2D eigenvalue weighted by Gasteiger charge is 2.14. The largest absolute Gasteiger partial charge is 0.484 e. The van der Waals surface area contributed by atoms with Crippen LogP contribution >= 0.6 is 0 Å². The number of hydrogen-bond donors (Lipinski definition) is 2. The minimum absolute atomic E-state index is 0.0205. The lowest BCUT2D eigenvalue weighted by atomic mass is 10.0. The summed E-state index contributed by atoms with van der Waals surface area (Å²) in [6.45, 7) is 2.04. The predicted molar refractivity (Wildman–Crippen MR) is 90.3 cm³/mol. The van der Waals surface area contributed by atoms with Crippen molar-refractivity contribution in [1.82, 2.24) is 5.32 Å². The summed E-state index contributed by atoms with van der Waals surface area (Å²) in [5, 5.41) is 12.0. The number of benzene rings is 2. The van der Waals surface area contributed by atoms with Gasteiger partial charge in [-0.3, -0.25) is 4.79 Å². The van der Waals surface area contributed by atoms with E-state index in [0.29, 0.717) is 18.6 Å². The standard InChI is InChI=1S/C19H23NO3/c1-15-8-5-6-12-18(15)23-14-19(22)20-17(11-7-13-21)16-9-3-2-4-10-16/h2-6,8-10,12,17,21H,7,11,13-14H2,1H3,(H,20,22). The van der Waals surface area contributed by atoms with Crippen LogP contribution in [-0.2, 0) is 4.79 Å². The SMILES string of the molecule is Cc1ccccc1OCC(=O)NC(CCCO)c1ccccc1. The second-order valence-corrected chi connectivity index (χ2v) is 5.45. The number of carbonyl (C=O) groups excluding carboxylic acids is 1. The summed E-state index contributed by atoms with van der Waals surface area (Å²) in [5.41, 5.74) is 2.03. The first-order valence-electron chi connectivity index (χ1n) is 7.84. The van der Waals surface area contributed by atoms with Gasteiger partial charge in [0.25, 0.3) is 5.91 Å². The van der Waals surface area contributed by atoms with Gasteiger partial charge in [0.05, 0.1) is 6.04 Å². The van der Waals surface area contributed by atoms with Crippen molar-refractivity contribution >= 4 is 5.91 Å². The Kier molecular flexibility index (Phi) is 6.63. The normalized spacial score (nSPS) is 11.7. The molecular formula is C19H23NO3. The Balaban J connectivity index is 1.93. The van der Waals surface area contributed by atoms with Gasteiger partial charge in [0.1, 0.15) is 5.75 Å². The summed E-state index contributed by atoms with van der Waals surface area (Å²) in [6, 6.07) is 17.3. The maximum atomic E-state index is 12.2. The summed E-state index contributed by atoms with van der Waals surface area (Å²) in [4.78, 5) is 12.2.